The topological polar surface area (TPSA) is 62.6 Å². The highest BCUT2D eigenvalue weighted by Crippen LogP contribution is 2.42. The SMILES string of the molecule is COc1ccc2c(c1)CCc1c-2n(Cc2ccc(OCCN3CCCCCC3)cc2)c2ccc(O)cc12.c1ccc2[nH]ccc2c1. The molecule has 0 atom stereocenters. The zero-order chi connectivity index (χ0) is 31.3. The lowest BCUT2D eigenvalue weighted by molar-refractivity contribution is 0.214. The van der Waals surface area contributed by atoms with Crippen molar-refractivity contribution in [2.24, 2.45) is 0 Å². The van der Waals surface area contributed by atoms with Crippen molar-refractivity contribution in [3.05, 3.63) is 114 Å². The van der Waals surface area contributed by atoms with Gasteiger partial charge in [-0.25, -0.2) is 0 Å². The van der Waals surface area contributed by atoms with Gasteiger partial charge in [0, 0.05) is 41.3 Å². The number of likely N-dealkylation sites (tertiary alicyclic amines) is 1. The Labute approximate surface area is 271 Å². The van der Waals surface area contributed by atoms with Crippen molar-refractivity contribution in [2.75, 3.05) is 33.4 Å². The number of nitrogens with zero attached hydrogens (tertiary/aromatic N) is 2. The number of phenols is 1. The van der Waals surface area contributed by atoms with Crippen LogP contribution in [-0.2, 0) is 19.4 Å². The van der Waals surface area contributed by atoms with Crippen molar-refractivity contribution in [1.82, 2.24) is 14.5 Å². The van der Waals surface area contributed by atoms with Gasteiger partial charge in [0.25, 0.3) is 0 Å². The molecule has 4 aromatic carbocycles. The van der Waals surface area contributed by atoms with Gasteiger partial charge in [0.2, 0.25) is 0 Å². The molecule has 3 heterocycles. The summed E-state index contributed by atoms with van der Waals surface area (Å²) in [6.45, 7) is 4.89. The molecule has 0 amide bonds. The number of phenolic OH excluding ortho intramolecular Hbond substituents is 1. The minimum atomic E-state index is 0.314. The van der Waals surface area contributed by atoms with Crippen molar-refractivity contribution >= 4 is 21.8 Å². The van der Waals surface area contributed by atoms with Gasteiger partial charge >= 0.3 is 0 Å². The standard InChI is InChI=1S/C32H36N2O3.C8H7N/c1-36-27-12-14-28-24(20-27)8-13-29-30-21-25(35)9-15-31(30)34(32(28)29)22-23-6-10-26(11-7-23)37-19-18-33-16-4-2-3-5-17-33;1-2-4-8-7(3-1)5-6-9-8/h6-7,9-12,14-15,20-21,35H,2-5,8,13,16-19,22H2,1H3;1-6,9H. The summed E-state index contributed by atoms with van der Waals surface area (Å²) in [6.07, 6.45) is 9.21. The van der Waals surface area contributed by atoms with Crippen molar-refractivity contribution < 1.29 is 14.6 Å². The zero-order valence-electron chi connectivity index (χ0n) is 26.7. The van der Waals surface area contributed by atoms with E-state index < -0.39 is 0 Å². The molecule has 0 radical (unpaired) electrons. The maximum atomic E-state index is 10.3. The van der Waals surface area contributed by atoms with Gasteiger partial charge in [-0.3, -0.25) is 4.90 Å². The molecule has 1 saturated heterocycles. The third kappa shape index (κ3) is 6.49. The van der Waals surface area contributed by atoms with Crippen LogP contribution in [0.1, 0.15) is 42.4 Å². The Morgan fingerprint density at radius 1 is 0.804 bits per heavy atom. The average Bonchev–Trinajstić information content (AvgIpc) is 3.59. The van der Waals surface area contributed by atoms with E-state index >= 15 is 0 Å². The van der Waals surface area contributed by atoms with Crippen LogP contribution in [0, 0.1) is 0 Å². The Morgan fingerprint density at radius 3 is 2.41 bits per heavy atom. The number of hydrogen-bond donors (Lipinski definition) is 2. The molecule has 1 fully saturated rings. The van der Waals surface area contributed by atoms with Gasteiger partial charge in [-0.2, -0.15) is 0 Å². The van der Waals surface area contributed by atoms with Gasteiger partial charge in [-0.15, -0.1) is 0 Å². The van der Waals surface area contributed by atoms with Crippen LogP contribution in [0.3, 0.4) is 0 Å². The van der Waals surface area contributed by atoms with Crippen LogP contribution in [0.4, 0.5) is 0 Å². The Hall–Kier alpha value is -4.68. The number of aromatic amines is 1. The number of methoxy groups -OCH3 is 1. The van der Waals surface area contributed by atoms with E-state index in [1.807, 2.05) is 36.5 Å². The second kappa shape index (κ2) is 13.8. The minimum absolute atomic E-state index is 0.314. The number of benzene rings is 4. The molecule has 236 valence electrons. The van der Waals surface area contributed by atoms with Crippen molar-refractivity contribution in [1.29, 1.82) is 0 Å². The molecule has 2 aromatic heterocycles. The van der Waals surface area contributed by atoms with E-state index in [4.69, 9.17) is 9.47 Å². The van der Waals surface area contributed by atoms with E-state index in [9.17, 15) is 5.11 Å². The third-order valence-electron chi connectivity index (χ3n) is 9.47. The van der Waals surface area contributed by atoms with Gasteiger partial charge in [0.15, 0.2) is 0 Å². The highest BCUT2D eigenvalue weighted by Gasteiger charge is 2.25. The molecule has 2 N–H and O–H groups in total. The molecule has 0 spiro atoms. The Morgan fingerprint density at radius 2 is 1.61 bits per heavy atom. The molecule has 8 rings (SSSR count). The van der Waals surface area contributed by atoms with Crippen LogP contribution in [0.15, 0.2) is 97.2 Å². The molecule has 6 aromatic rings. The monoisotopic (exact) mass is 613 g/mol. The summed E-state index contributed by atoms with van der Waals surface area (Å²) in [5.74, 6) is 2.14. The van der Waals surface area contributed by atoms with Crippen LogP contribution in [-0.4, -0.2) is 52.9 Å². The number of aryl methyl sites for hydroxylation is 2. The summed E-state index contributed by atoms with van der Waals surface area (Å²) < 4.78 is 14.0. The molecule has 1 aliphatic heterocycles. The lowest BCUT2D eigenvalue weighted by Gasteiger charge is -2.21. The number of H-pyrrole nitrogens is 1. The molecule has 0 bridgehead atoms. The molecule has 0 unspecified atom stereocenters. The summed E-state index contributed by atoms with van der Waals surface area (Å²) in [5, 5.41) is 12.7. The summed E-state index contributed by atoms with van der Waals surface area (Å²) in [6, 6.07) is 31.0. The Kier molecular flexibility index (Phi) is 8.97. The maximum absolute atomic E-state index is 10.3. The summed E-state index contributed by atoms with van der Waals surface area (Å²) in [7, 11) is 1.72. The van der Waals surface area contributed by atoms with Crippen LogP contribution < -0.4 is 9.47 Å². The lowest BCUT2D eigenvalue weighted by atomic mass is 9.88. The van der Waals surface area contributed by atoms with Crippen LogP contribution in [0.5, 0.6) is 17.2 Å². The maximum Gasteiger partial charge on any atom is 0.119 e. The zero-order valence-corrected chi connectivity index (χ0v) is 26.7. The molecule has 0 saturated carbocycles. The number of rotatable bonds is 7. The van der Waals surface area contributed by atoms with Gasteiger partial charge in [-0.1, -0.05) is 43.2 Å². The van der Waals surface area contributed by atoms with E-state index in [0.29, 0.717) is 5.75 Å². The largest absolute Gasteiger partial charge is 0.508 e. The first kappa shape index (κ1) is 30.0. The highest BCUT2D eigenvalue weighted by atomic mass is 16.5. The third-order valence-corrected chi connectivity index (χ3v) is 9.47. The predicted octanol–water partition coefficient (Wildman–Crippen LogP) is 8.59. The summed E-state index contributed by atoms with van der Waals surface area (Å²) in [5.41, 5.74) is 8.73. The number of aromatic hydroxyl groups is 1. The normalized spacial score (nSPS) is 14.6. The molecule has 6 heteroatoms. The molecular formula is C40H43N3O3. The van der Waals surface area contributed by atoms with Gasteiger partial charge in [-0.05, 0) is 122 Å². The fourth-order valence-corrected chi connectivity index (χ4v) is 7.05. The first-order chi connectivity index (χ1) is 22.7. The summed E-state index contributed by atoms with van der Waals surface area (Å²) >= 11 is 0. The first-order valence-electron chi connectivity index (χ1n) is 16.6. The fourth-order valence-electron chi connectivity index (χ4n) is 7.05. The van der Waals surface area contributed by atoms with E-state index in [2.05, 4.69) is 69.0 Å². The van der Waals surface area contributed by atoms with Crippen LogP contribution in [0.25, 0.3) is 33.1 Å². The lowest BCUT2D eigenvalue weighted by Crippen LogP contribution is -2.29. The summed E-state index contributed by atoms with van der Waals surface area (Å²) in [4.78, 5) is 5.65. The molecule has 46 heavy (non-hydrogen) atoms. The quantitative estimate of drug-likeness (QED) is 0.189. The van der Waals surface area contributed by atoms with Crippen molar-refractivity contribution in [3.63, 3.8) is 0 Å². The van der Waals surface area contributed by atoms with Crippen LogP contribution in [0.2, 0.25) is 0 Å². The van der Waals surface area contributed by atoms with Crippen molar-refractivity contribution in [2.45, 2.75) is 45.1 Å². The van der Waals surface area contributed by atoms with Gasteiger partial charge < -0.3 is 24.1 Å². The van der Waals surface area contributed by atoms with Crippen LogP contribution >= 0.6 is 0 Å². The van der Waals surface area contributed by atoms with E-state index in [1.165, 1.54) is 77.6 Å². The minimum Gasteiger partial charge on any atom is -0.508 e. The number of aromatic nitrogens is 2. The predicted molar refractivity (Wildman–Crippen MR) is 187 cm³/mol. The molecule has 2 aliphatic rings. The second-order valence-electron chi connectivity index (χ2n) is 12.5. The van der Waals surface area contributed by atoms with Gasteiger partial charge in [0.05, 0.1) is 12.8 Å². The molecule has 1 aliphatic carbocycles. The Bertz CT molecular complexity index is 1880. The van der Waals surface area contributed by atoms with Crippen molar-refractivity contribution in [3.8, 4) is 28.5 Å². The number of para-hydroxylation sites is 1. The highest BCUT2D eigenvalue weighted by molar-refractivity contribution is 5.94. The van der Waals surface area contributed by atoms with E-state index in [1.54, 1.807) is 13.2 Å². The number of ether oxygens (including phenoxy) is 2. The molecule has 6 nitrogen and oxygen atoms in total. The average molecular weight is 614 g/mol. The van der Waals surface area contributed by atoms with E-state index in [0.717, 1.165) is 54.9 Å². The fraction of sp³-hybridized carbons (Fsp3) is 0.300. The van der Waals surface area contributed by atoms with Gasteiger partial charge in [0.1, 0.15) is 23.9 Å². The number of fused-ring (bicyclic) bond motifs is 6. The molecular weight excluding hydrogens is 570 g/mol. The van der Waals surface area contributed by atoms with E-state index in [-0.39, 0.29) is 0 Å². The second-order valence-corrected chi connectivity index (χ2v) is 12.5. The first-order valence-corrected chi connectivity index (χ1v) is 16.6. The number of hydrogen-bond acceptors (Lipinski definition) is 4. The smallest absolute Gasteiger partial charge is 0.119 e. The number of nitrogens with one attached hydrogen (secondary N) is 1. The Balaban J connectivity index is 0.000000321.